The van der Waals surface area contributed by atoms with E-state index in [-0.39, 0.29) is 0 Å². The summed E-state index contributed by atoms with van der Waals surface area (Å²) in [6.07, 6.45) is 3.85. The highest BCUT2D eigenvalue weighted by atomic mass is 16.5. The highest BCUT2D eigenvalue weighted by molar-refractivity contribution is 5.92. The normalized spacial score (nSPS) is 11.4. The van der Waals surface area contributed by atoms with Crippen LogP contribution in [0.15, 0.2) is 72.8 Å². The minimum Gasteiger partial charge on any atom is -0.423 e. The van der Waals surface area contributed by atoms with Crippen molar-refractivity contribution in [1.29, 1.82) is 0 Å². The topological polar surface area (TPSA) is 52.6 Å². The second kappa shape index (κ2) is 11.8. The number of hydrogen-bond acceptors (Lipinski definition) is 4. The van der Waals surface area contributed by atoms with Crippen LogP contribution in [0.1, 0.15) is 64.5 Å². The molecule has 4 nitrogen and oxygen atoms in total. The Morgan fingerprint density at radius 2 is 0.969 bits per heavy atom. The van der Waals surface area contributed by atoms with Crippen molar-refractivity contribution in [2.24, 2.45) is 0 Å². The van der Waals surface area contributed by atoms with Crippen LogP contribution in [0.25, 0.3) is 11.1 Å². The highest BCUT2D eigenvalue weighted by Crippen LogP contribution is 2.34. The Hall–Kier alpha value is -3.40. The summed E-state index contributed by atoms with van der Waals surface area (Å²) in [6.45, 7) is 14.8. The zero-order valence-electron chi connectivity index (χ0n) is 19.5. The summed E-state index contributed by atoms with van der Waals surface area (Å²) in [6, 6.07) is 15.2. The molecule has 0 aliphatic rings. The summed E-state index contributed by atoms with van der Waals surface area (Å²) in [7, 11) is 0. The number of hydrogen-bond donors (Lipinski definition) is 0. The van der Waals surface area contributed by atoms with Gasteiger partial charge in [-0.15, -0.1) is 0 Å². The van der Waals surface area contributed by atoms with Gasteiger partial charge in [-0.1, -0.05) is 64.1 Å². The molecule has 2 aromatic rings. The summed E-state index contributed by atoms with van der Waals surface area (Å²) in [5.41, 5.74) is 5.45. The number of ether oxygens (including phenoxy) is 2. The van der Waals surface area contributed by atoms with Crippen LogP contribution in [-0.4, -0.2) is 11.9 Å². The fourth-order valence-corrected chi connectivity index (χ4v) is 3.28. The minimum absolute atomic E-state index is 0.364. The number of rotatable bonds is 10. The van der Waals surface area contributed by atoms with Crippen molar-refractivity contribution in [3.8, 4) is 11.5 Å². The SMILES string of the molecule is C=C(C)C(=O)Oc1ccc(C(CCC)=C(CCC)c2ccc(OC(=O)C(=C)C)cc2)cc1. The predicted octanol–water partition coefficient (Wildman–Crippen LogP) is 7.16. The number of allylic oxidation sites excluding steroid dienone is 2. The van der Waals surface area contributed by atoms with Gasteiger partial charge in [-0.3, -0.25) is 0 Å². The molecule has 0 aliphatic heterocycles. The van der Waals surface area contributed by atoms with Gasteiger partial charge >= 0.3 is 11.9 Å². The van der Waals surface area contributed by atoms with Crippen LogP contribution in [0, 0.1) is 0 Å². The molecule has 0 heterocycles. The van der Waals surface area contributed by atoms with Crippen molar-refractivity contribution in [3.05, 3.63) is 84.0 Å². The highest BCUT2D eigenvalue weighted by Gasteiger charge is 2.13. The van der Waals surface area contributed by atoms with E-state index in [1.165, 1.54) is 11.1 Å². The molecule has 32 heavy (non-hydrogen) atoms. The van der Waals surface area contributed by atoms with Gasteiger partial charge in [0.15, 0.2) is 0 Å². The van der Waals surface area contributed by atoms with Gasteiger partial charge in [-0.2, -0.15) is 0 Å². The Balaban J connectivity index is 2.40. The van der Waals surface area contributed by atoms with Gasteiger partial charge in [-0.05, 0) is 73.2 Å². The third-order valence-electron chi connectivity index (χ3n) is 4.89. The van der Waals surface area contributed by atoms with E-state index >= 15 is 0 Å². The van der Waals surface area contributed by atoms with Crippen LogP contribution < -0.4 is 9.47 Å². The monoisotopic (exact) mass is 432 g/mol. The smallest absolute Gasteiger partial charge is 0.338 e. The third-order valence-corrected chi connectivity index (χ3v) is 4.89. The Bertz CT molecular complexity index is 925. The maximum absolute atomic E-state index is 11.8. The van der Waals surface area contributed by atoms with E-state index in [9.17, 15) is 9.59 Å². The second-order valence-corrected chi connectivity index (χ2v) is 7.85. The van der Waals surface area contributed by atoms with Crippen molar-refractivity contribution < 1.29 is 19.1 Å². The van der Waals surface area contributed by atoms with E-state index in [0.717, 1.165) is 36.8 Å². The Morgan fingerprint density at radius 1 is 0.656 bits per heavy atom. The van der Waals surface area contributed by atoms with E-state index in [2.05, 4.69) is 27.0 Å². The lowest BCUT2D eigenvalue weighted by Crippen LogP contribution is -2.08. The Morgan fingerprint density at radius 3 is 1.22 bits per heavy atom. The van der Waals surface area contributed by atoms with E-state index in [1.54, 1.807) is 13.8 Å². The van der Waals surface area contributed by atoms with E-state index in [0.29, 0.717) is 22.6 Å². The quantitative estimate of drug-likeness (QED) is 0.173. The molecule has 0 saturated heterocycles. The molecular formula is C28H32O4. The number of carbonyl (C=O) groups excluding carboxylic acids is 2. The van der Waals surface area contributed by atoms with Gasteiger partial charge in [-0.25, -0.2) is 9.59 Å². The fraction of sp³-hybridized carbons (Fsp3) is 0.286. The first-order valence-corrected chi connectivity index (χ1v) is 10.9. The first-order valence-electron chi connectivity index (χ1n) is 10.9. The number of benzene rings is 2. The molecule has 0 aliphatic carbocycles. The molecule has 0 radical (unpaired) electrons. The summed E-state index contributed by atoms with van der Waals surface area (Å²) >= 11 is 0. The maximum atomic E-state index is 11.8. The molecule has 0 unspecified atom stereocenters. The van der Waals surface area contributed by atoms with Crippen molar-refractivity contribution in [1.82, 2.24) is 0 Å². The second-order valence-electron chi connectivity index (χ2n) is 7.85. The minimum atomic E-state index is -0.429. The largest absolute Gasteiger partial charge is 0.423 e. The lowest BCUT2D eigenvalue weighted by molar-refractivity contribution is -0.130. The van der Waals surface area contributed by atoms with Crippen molar-refractivity contribution in [2.45, 2.75) is 53.4 Å². The molecule has 4 heteroatoms. The molecule has 0 amide bonds. The number of esters is 2. The molecule has 2 rings (SSSR count). The lowest BCUT2D eigenvalue weighted by atomic mass is 9.89. The first-order chi connectivity index (χ1) is 15.3. The van der Waals surface area contributed by atoms with Crippen molar-refractivity contribution in [2.75, 3.05) is 0 Å². The number of carbonyl (C=O) groups is 2. The zero-order chi connectivity index (χ0) is 23.7. The molecule has 168 valence electrons. The van der Waals surface area contributed by atoms with Gasteiger partial charge in [0, 0.05) is 11.1 Å². The summed E-state index contributed by atoms with van der Waals surface area (Å²) in [4.78, 5) is 23.6. The molecule has 0 aromatic heterocycles. The first kappa shape index (κ1) is 24.9. The summed E-state index contributed by atoms with van der Waals surface area (Å²) in [5, 5.41) is 0. The Labute approximate surface area is 191 Å². The van der Waals surface area contributed by atoms with Gasteiger partial charge in [0.1, 0.15) is 11.5 Å². The van der Waals surface area contributed by atoms with Crippen molar-refractivity contribution >= 4 is 23.1 Å². The van der Waals surface area contributed by atoms with Gasteiger partial charge < -0.3 is 9.47 Å². The van der Waals surface area contributed by atoms with Crippen LogP contribution in [0.5, 0.6) is 11.5 Å². The molecule has 2 aromatic carbocycles. The van der Waals surface area contributed by atoms with Crippen LogP contribution in [-0.2, 0) is 9.59 Å². The molecular weight excluding hydrogens is 400 g/mol. The van der Waals surface area contributed by atoms with Gasteiger partial charge in [0.25, 0.3) is 0 Å². The zero-order valence-corrected chi connectivity index (χ0v) is 19.5. The molecule has 0 fully saturated rings. The summed E-state index contributed by atoms with van der Waals surface area (Å²) < 4.78 is 10.6. The third kappa shape index (κ3) is 6.81. The molecule has 0 saturated carbocycles. The van der Waals surface area contributed by atoms with E-state index in [4.69, 9.17) is 9.47 Å². The van der Waals surface area contributed by atoms with Crippen LogP contribution >= 0.6 is 0 Å². The maximum Gasteiger partial charge on any atom is 0.338 e. The van der Waals surface area contributed by atoms with Crippen LogP contribution in [0.3, 0.4) is 0 Å². The molecule has 0 bridgehead atoms. The predicted molar refractivity (Wildman–Crippen MR) is 130 cm³/mol. The molecule has 0 spiro atoms. The van der Waals surface area contributed by atoms with Gasteiger partial charge in [0.05, 0.1) is 0 Å². The van der Waals surface area contributed by atoms with Crippen molar-refractivity contribution in [3.63, 3.8) is 0 Å². The van der Waals surface area contributed by atoms with Crippen LogP contribution in [0.2, 0.25) is 0 Å². The molecule has 0 N–H and O–H groups in total. The fourth-order valence-electron chi connectivity index (χ4n) is 3.28. The van der Waals surface area contributed by atoms with Crippen LogP contribution in [0.4, 0.5) is 0 Å². The van der Waals surface area contributed by atoms with E-state index in [1.807, 2.05) is 48.5 Å². The average molecular weight is 433 g/mol. The summed E-state index contributed by atoms with van der Waals surface area (Å²) in [5.74, 6) is 0.138. The standard InChI is InChI=1S/C28H32O4/c1-7-9-25(21-11-15-23(16-12-21)31-27(29)19(3)4)26(10-8-2)22-13-17-24(18-14-22)32-28(30)20(5)6/h11-18H,3,5,7-10H2,1-2,4,6H3. The lowest BCUT2D eigenvalue weighted by Gasteiger charge is -2.17. The Kier molecular flexibility index (Phi) is 9.21. The van der Waals surface area contributed by atoms with E-state index < -0.39 is 11.9 Å². The average Bonchev–Trinajstić information content (AvgIpc) is 2.77. The molecule has 0 atom stereocenters. The van der Waals surface area contributed by atoms with Gasteiger partial charge in [0.2, 0.25) is 0 Å².